The SMILES string of the molecule is CN(Cc1csnn1)C1CCNCC1. The van der Waals surface area contributed by atoms with Gasteiger partial charge >= 0.3 is 0 Å². The van der Waals surface area contributed by atoms with Crippen LogP contribution in [0.5, 0.6) is 0 Å². The van der Waals surface area contributed by atoms with Crippen LogP contribution in [0.25, 0.3) is 0 Å². The van der Waals surface area contributed by atoms with Gasteiger partial charge in [0, 0.05) is 18.0 Å². The Hall–Kier alpha value is -0.520. The van der Waals surface area contributed by atoms with E-state index in [9.17, 15) is 0 Å². The van der Waals surface area contributed by atoms with Crippen LogP contribution in [-0.4, -0.2) is 40.7 Å². The molecule has 2 rings (SSSR count). The van der Waals surface area contributed by atoms with Gasteiger partial charge in [0.15, 0.2) is 0 Å². The van der Waals surface area contributed by atoms with Crippen LogP contribution in [0.2, 0.25) is 0 Å². The second-order valence-electron chi connectivity index (χ2n) is 3.79. The van der Waals surface area contributed by atoms with Crippen LogP contribution in [0.1, 0.15) is 18.5 Å². The van der Waals surface area contributed by atoms with E-state index in [4.69, 9.17) is 0 Å². The second kappa shape index (κ2) is 4.82. The monoisotopic (exact) mass is 212 g/mol. The molecule has 2 heterocycles. The summed E-state index contributed by atoms with van der Waals surface area (Å²) in [6.45, 7) is 3.22. The van der Waals surface area contributed by atoms with Crippen molar-refractivity contribution in [1.29, 1.82) is 0 Å². The lowest BCUT2D eigenvalue weighted by molar-refractivity contribution is 0.190. The number of hydrogen-bond donors (Lipinski definition) is 1. The lowest BCUT2D eigenvalue weighted by atomic mass is 10.1. The minimum absolute atomic E-state index is 0.706. The van der Waals surface area contributed by atoms with Crippen LogP contribution in [-0.2, 0) is 6.54 Å². The smallest absolute Gasteiger partial charge is 0.0895 e. The number of nitrogens with one attached hydrogen (secondary N) is 1. The van der Waals surface area contributed by atoms with Crippen LogP contribution in [0, 0.1) is 0 Å². The topological polar surface area (TPSA) is 41.1 Å². The zero-order valence-electron chi connectivity index (χ0n) is 8.44. The van der Waals surface area contributed by atoms with Crippen LogP contribution < -0.4 is 5.32 Å². The van der Waals surface area contributed by atoms with Crippen molar-refractivity contribution in [3.8, 4) is 0 Å². The summed E-state index contributed by atoms with van der Waals surface area (Å²) in [5.41, 5.74) is 1.09. The van der Waals surface area contributed by atoms with Crippen LogP contribution in [0.4, 0.5) is 0 Å². The molecule has 1 saturated heterocycles. The first kappa shape index (κ1) is 10.0. The molecule has 0 aliphatic carbocycles. The molecule has 1 aliphatic rings. The molecular formula is C9H16N4S. The standard InChI is InChI=1S/C9H16N4S/c1-13(6-8-7-14-12-11-8)9-2-4-10-5-3-9/h7,9-10H,2-6H2,1H3. The van der Waals surface area contributed by atoms with Gasteiger partial charge < -0.3 is 5.32 Å². The fraction of sp³-hybridized carbons (Fsp3) is 0.778. The highest BCUT2D eigenvalue weighted by atomic mass is 32.1. The number of aromatic nitrogens is 2. The summed E-state index contributed by atoms with van der Waals surface area (Å²) < 4.78 is 3.87. The molecule has 4 nitrogen and oxygen atoms in total. The lowest BCUT2D eigenvalue weighted by Gasteiger charge is -2.30. The summed E-state index contributed by atoms with van der Waals surface area (Å²) in [4.78, 5) is 2.39. The minimum Gasteiger partial charge on any atom is -0.317 e. The Balaban J connectivity index is 1.85. The van der Waals surface area contributed by atoms with Gasteiger partial charge in [0.05, 0.1) is 5.69 Å². The summed E-state index contributed by atoms with van der Waals surface area (Å²) in [5, 5.41) is 9.46. The Labute approximate surface area is 88.5 Å². The van der Waals surface area contributed by atoms with Crippen molar-refractivity contribution in [2.45, 2.75) is 25.4 Å². The predicted molar refractivity (Wildman–Crippen MR) is 57.3 cm³/mol. The predicted octanol–water partition coefficient (Wildman–Crippen LogP) is 0.722. The Morgan fingerprint density at radius 3 is 3.00 bits per heavy atom. The van der Waals surface area contributed by atoms with Gasteiger partial charge in [-0.1, -0.05) is 4.49 Å². The third-order valence-corrected chi connectivity index (χ3v) is 3.30. The average Bonchev–Trinajstić information content (AvgIpc) is 2.72. The molecule has 0 aromatic carbocycles. The normalized spacial score (nSPS) is 19.0. The Bertz CT molecular complexity index is 256. The first-order valence-electron chi connectivity index (χ1n) is 5.03. The van der Waals surface area contributed by atoms with Crippen molar-refractivity contribution in [1.82, 2.24) is 19.8 Å². The molecule has 78 valence electrons. The molecular weight excluding hydrogens is 196 g/mol. The van der Waals surface area contributed by atoms with E-state index in [1.54, 1.807) is 0 Å². The molecule has 0 bridgehead atoms. The lowest BCUT2D eigenvalue weighted by Crippen LogP contribution is -2.40. The molecule has 0 unspecified atom stereocenters. The van der Waals surface area contributed by atoms with Crippen molar-refractivity contribution < 1.29 is 0 Å². The number of nitrogens with zero attached hydrogens (tertiary/aromatic N) is 3. The van der Waals surface area contributed by atoms with Gasteiger partial charge in [0.25, 0.3) is 0 Å². The second-order valence-corrected chi connectivity index (χ2v) is 4.40. The van der Waals surface area contributed by atoms with Gasteiger partial charge in [-0.25, -0.2) is 0 Å². The number of hydrogen-bond acceptors (Lipinski definition) is 5. The van der Waals surface area contributed by atoms with Gasteiger partial charge in [0.2, 0.25) is 0 Å². The molecule has 0 amide bonds. The van der Waals surface area contributed by atoms with Gasteiger partial charge in [-0.3, -0.25) is 4.90 Å². The molecule has 1 aliphatic heterocycles. The fourth-order valence-electron chi connectivity index (χ4n) is 1.88. The van der Waals surface area contributed by atoms with Crippen molar-refractivity contribution >= 4 is 11.5 Å². The molecule has 1 aromatic rings. The highest BCUT2D eigenvalue weighted by molar-refractivity contribution is 7.03. The van der Waals surface area contributed by atoms with E-state index in [-0.39, 0.29) is 0 Å². The summed E-state index contributed by atoms with van der Waals surface area (Å²) in [7, 11) is 2.18. The van der Waals surface area contributed by atoms with E-state index < -0.39 is 0 Å². The summed E-state index contributed by atoms with van der Waals surface area (Å²) in [6, 6.07) is 0.706. The van der Waals surface area contributed by atoms with Crippen molar-refractivity contribution in [2.75, 3.05) is 20.1 Å². The van der Waals surface area contributed by atoms with E-state index in [2.05, 4.69) is 26.9 Å². The first-order valence-corrected chi connectivity index (χ1v) is 5.87. The Morgan fingerprint density at radius 2 is 2.36 bits per heavy atom. The molecule has 1 aromatic heterocycles. The maximum Gasteiger partial charge on any atom is 0.0895 e. The van der Waals surface area contributed by atoms with E-state index >= 15 is 0 Å². The zero-order chi connectivity index (χ0) is 9.80. The highest BCUT2D eigenvalue weighted by Crippen LogP contribution is 2.12. The van der Waals surface area contributed by atoms with Crippen molar-refractivity contribution in [2.24, 2.45) is 0 Å². The quantitative estimate of drug-likeness (QED) is 0.801. The fourth-order valence-corrected chi connectivity index (χ4v) is 2.33. The van der Waals surface area contributed by atoms with Crippen LogP contribution >= 0.6 is 11.5 Å². The molecule has 5 heteroatoms. The number of rotatable bonds is 3. The van der Waals surface area contributed by atoms with Crippen molar-refractivity contribution in [3.05, 3.63) is 11.1 Å². The van der Waals surface area contributed by atoms with Gasteiger partial charge in [-0.15, -0.1) is 5.10 Å². The molecule has 0 saturated carbocycles. The van der Waals surface area contributed by atoms with Crippen LogP contribution in [0.3, 0.4) is 0 Å². The molecule has 0 spiro atoms. The van der Waals surface area contributed by atoms with E-state index in [0.29, 0.717) is 6.04 Å². The van der Waals surface area contributed by atoms with Crippen LogP contribution in [0.15, 0.2) is 5.38 Å². The Kier molecular flexibility index (Phi) is 3.44. The molecule has 1 N–H and O–H groups in total. The van der Waals surface area contributed by atoms with Crippen molar-refractivity contribution in [3.63, 3.8) is 0 Å². The van der Waals surface area contributed by atoms with E-state index in [1.807, 2.05) is 5.38 Å². The van der Waals surface area contributed by atoms with Gasteiger partial charge in [0.1, 0.15) is 0 Å². The summed E-state index contributed by atoms with van der Waals surface area (Å²) in [6.07, 6.45) is 2.49. The third-order valence-electron chi connectivity index (χ3n) is 2.75. The molecule has 1 fully saturated rings. The summed E-state index contributed by atoms with van der Waals surface area (Å²) in [5.74, 6) is 0. The van der Waals surface area contributed by atoms with Gasteiger partial charge in [-0.05, 0) is 44.5 Å². The zero-order valence-corrected chi connectivity index (χ0v) is 9.26. The minimum atomic E-state index is 0.706. The number of piperidine rings is 1. The van der Waals surface area contributed by atoms with E-state index in [0.717, 1.165) is 25.3 Å². The molecule has 14 heavy (non-hydrogen) atoms. The molecule has 0 radical (unpaired) electrons. The summed E-state index contributed by atoms with van der Waals surface area (Å²) >= 11 is 1.43. The third kappa shape index (κ3) is 2.50. The maximum atomic E-state index is 4.06. The molecule has 0 atom stereocenters. The first-order chi connectivity index (χ1) is 6.86. The highest BCUT2D eigenvalue weighted by Gasteiger charge is 2.18. The maximum absolute atomic E-state index is 4.06. The Morgan fingerprint density at radius 1 is 1.57 bits per heavy atom. The van der Waals surface area contributed by atoms with Gasteiger partial charge in [-0.2, -0.15) is 0 Å². The van der Waals surface area contributed by atoms with E-state index in [1.165, 1.54) is 24.4 Å². The largest absolute Gasteiger partial charge is 0.317 e. The average molecular weight is 212 g/mol.